The van der Waals surface area contributed by atoms with Crippen molar-refractivity contribution in [3.63, 3.8) is 0 Å². The maximum atomic E-state index is 14.2. The van der Waals surface area contributed by atoms with Crippen molar-refractivity contribution < 1.29 is 4.39 Å². The molecule has 0 unspecified atom stereocenters. The first-order chi connectivity index (χ1) is 12.7. The molecule has 0 aliphatic carbocycles. The molecule has 0 aliphatic rings. The minimum absolute atomic E-state index is 0.193. The van der Waals surface area contributed by atoms with Crippen molar-refractivity contribution in [1.82, 2.24) is 9.55 Å². The lowest BCUT2D eigenvalue weighted by atomic mass is 10.2. The second-order valence-electron chi connectivity index (χ2n) is 5.94. The highest BCUT2D eigenvalue weighted by Gasteiger charge is 2.13. The molecule has 0 saturated heterocycles. The summed E-state index contributed by atoms with van der Waals surface area (Å²) in [7, 11) is 0. The van der Waals surface area contributed by atoms with Crippen molar-refractivity contribution in [3.8, 4) is 0 Å². The van der Waals surface area contributed by atoms with E-state index in [0.29, 0.717) is 17.9 Å². The van der Waals surface area contributed by atoms with Crippen LogP contribution in [0.3, 0.4) is 0 Å². The van der Waals surface area contributed by atoms with E-state index in [1.165, 1.54) is 6.07 Å². The summed E-state index contributed by atoms with van der Waals surface area (Å²) in [5, 5.41) is 0.723. The Bertz CT molecular complexity index is 1040. The summed E-state index contributed by atoms with van der Waals surface area (Å²) in [6.07, 6.45) is 0. The number of imidazole rings is 1. The van der Waals surface area contributed by atoms with Crippen molar-refractivity contribution in [1.29, 1.82) is 0 Å². The average molecular weight is 383 g/mol. The van der Waals surface area contributed by atoms with Crippen LogP contribution in [0.15, 0.2) is 77.7 Å². The van der Waals surface area contributed by atoms with Gasteiger partial charge in [0.1, 0.15) is 11.6 Å². The van der Waals surface area contributed by atoms with Gasteiger partial charge in [0.25, 0.3) is 0 Å². The van der Waals surface area contributed by atoms with Crippen LogP contribution < -0.4 is 0 Å². The van der Waals surface area contributed by atoms with Crippen LogP contribution in [0.25, 0.3) is 11.0 Å². The first-order valence-electron chi connectivity index (χ1n) is 8.26. The Morgan fingerprint density at radius 1 is 0.923 bits per heavy atom. The quantitative estimate of drug-likeness (QED) is 0.384. The van der Waals surface area contributed by atoms with E-state index < -0.39 is 0 Å². The fourth-order valence-electron chi connectivity index (χ4n) is 2.89. The number of rotatable bonds is 5. The number of thioether (sulfide) groups is 1. The Morgan fingerprint density at radius 3 is 2.46 bits per heavy atom. The van der Waals surface area contributed by atoms with Crippen LogP contribution in [0.4, 0.5) is 4.39 Å². The molecule has 0 amide bonds. The second kappa shape index (κ2) is 7.52. The van der Waals surface area contributed by atoms with Gasteiger partial charge in [-0.15, -0.1) is 11.8 Å². The number of hydrogen-bond acceptors (Lipinski definition) is 2. The molecule has 0 bridgehead atoms. The topological polar surface area (TPSA) is 17.8 Å². The highest BCUT2D eigenvalue weighted by atomic mass is 35.5. The van der Waals surface area contributed by atoms with Gasteiger partial charge in [-0.1, -0.05) is 41.9 Å². The molecule has 0 aliphatic heterocycles. The highest BCUT2D eigenvalue weighted by Crippen LogP contribution is 2.27. The van der Waals surface area contributed by atoms with Gasteiger partial charge in [0.2, 0.25) is 0 Å². The van der Waals surface area contributed by atoms with Gasteiger partial charge in [-0.2, -0.15) is 0 Å². The highest BCUT2D eigenvalue weighted by molar-refractivity contribution is 7.98. The Morgan fingerprint density at radius 2 is 1.65 bits per heavy atom. The van der Waals surface area contributed by atoms with Crippen molar-refractivity contribution in [2.75, 3.05) is 0 Å². The zero-order valence-corrected chi connectivity index (χ0v) is 15.5. The standard InChI is InChI=1S/C21H16ClFN2S/c22-16-9-11-17(12-10-16)26-14-21-24-19-7-3-4-8-20(19)25(21)13-15-5-1-2-6-18(15)23/h1-12H,13-14H2. The van der Waals surface area contributed by atoms with Gasteiger partial charge in [0, 0.05) is 15.5 Å². The van der Waals surface area contributed by atoms with Crippen LogP contribution in [-0.4, -0.2) is 9.55 Å². The number of benzene rings is 3. The number of fused-ring (bicyclic) bond motifs is 1. The summed E-state index contributed by atoms with van der Waals surface area (Å²) >= 11 is 7.64. The first kappa shape index (κ1) is 17.1. The molecule has 130 valence electrons. The summed E-state index contributed by atoms with van der Waals surface area (Å²) in [6, 6.07) is 22.6. The summed E-state index contributed by atoms with van der Waals surface area (Å²) in [4.78, 5) is 5.89. The van der Waals surface area contributed by atoms with Crippen LogP contribution >= 0.6 is 23.4 Å². The van der Waals surface area contributed by atoms with Gasteiger partial charge < -0.3 is 4.57 Å². The Kier molecular flexibility index (Phi) is 4.96. The lowest BCUT2D eigenvalue weighted by molar-refractivity contribution is 0.599. The normalized spacial score (nSPS) is 11.2. The Hall–Kier alpha value is -2.30. The molecule has 2 nitrogen and oxygen atoms in total. The number of nitrogens with zero attached hydrogens (tertiary/aromatic N) is 2. The van der Waals surface area contributed by atoms with E-state index in [4.69, 9.17) is 16.6 Å². The molecule has 0 N–H and O–H groups in total. The van der Waals surface area contributed by atoms with Crippen molar-refractivity contribution in [2.45, 2.75) is 17.2 Å². The molecular formula is C21H16ClFN2S. The number of halogens is 2. The number of hydrogen-bond donors (Lipinski definition) is 0. The van der Waals surface area contributed by atoms with Crippen molar-refractivity contribution in [3.05, 3.63) is 95.0 Å². The summed E-state index contributed by atoms with van der Waals surface area (Å²) in [6.45, 7) is 0.462. The maximum absolute atomic E-state index is 14.2. The number of para-hydroxylation sites is 2. The fraction of sp³-hybridized carbons (Fsp3) is 0.0952. The number of aromatic nitrogens is 2. The van der Waals surface area contributed by atoms with E-state index in [1.807, 2.05) is 60.7 Å². The average Bonchev–Trinajstić information content (AvgIpc) is 3.01. The lowest BCUT2D eigenvalue weighted by Gasteiger charge is -2.10. The minimum atomic E-state index is -0.193. The maximum Gasteiger partial charge on any atom is 0.128 e. The molecule has 0 spiro atoms. The van der Waals surface area contributed by atoms with Crippen molar-refractivity contribution in [2.24, 2.45) is 0 Å². The van der Waals surface area contributed by atoms with Gasteiger partial charge in [-0.05, 0) is 42.5 Å². The molecule has 1 heterocycles. The zero-order chi connectivity index (χ0) is 17.9. The van der Waals surface area contributed by atoms with Gasteiger partial charge in [-0.25, -0.2) is 9.37 Å². The molecule has 0 radical (unpaired) electrons. The van der Waals surface area contributed by atoms with E-state index in [2.05, 4.69) is 4.57 Å². The van der Waals surface area contributed by atoms with Crippen LogP contribution in [0.2, 0.25) is 5.02 Å². The van der Waals surface area contributed by atoms with E-state index >= 15 is 0 Å². The third-order valence-electron chi connectivity index (χ3n) is 4.20. The smallest absolute Gasteiger partial charge is 0.128 e. The second-order valence-corrected chi connectivity index (χ2v) is 7.42. The molecule has 0 atom stereocenters. The molecule has 0 fully saturated rings. The summed E-state index contributed by atoms with van der Waals surface area (Å²) < 4.78 is 16.2. The summed E-state index contributed by atoms with van der Waals surface area (Å²) in [5.41, 5.74) is 2.60. The van der Waals surface area contributed by atoms with Crippen LogP contribution in [0, 0.1) is 5.82 Å². The molecule has 4 rings (SSSR count). The summed E-state index contributed by atoms with van der Waals surface area (Å²) in [5.74, 6) is 1.43. The Balaban J connectivity index is 1.67. The third kappa shape index (κ3) is 3.62. The monoisotopic (exact) mass is 382 g/mol. The van der Waals surface area contributed by atoms with Gasteiger partial charge in [-0.3, -0.25) is 0 Å². The van der Waals surface area contributed by atoms with E-state index in [0.717, 1.165) is 26.8 Å². The molecular weight excluding hydrogens is 367 g/mol. The molecule has 0 saturated carbocycles. The third-order valence-corrected chi connectivity index (χ3v) is 5.46. The van der Waals surface area contributed by atoms with Gasteiger partial charge in [0.15, 0.2) is 0 Å². The van der Waals surface area contributed by atoms with Crippen LogP contribution in [-0.2, 0) is 12.3 Å². The zero-order valence-electron chi connectivity index (χ0n) is 13.9. The Labute approximate surface area is 160 Å². The largest absolute Gasteiger partial charge is 0.323 e. The van der Waals surface area contributed by atoms with Gasteiger partial charge in [0.05, 0.1) is 23.3 Å². The molecule has 3 aromatic carbocycles. The van der Waals surface area contributed by atoms with Crippen LogP contribution in [0.5, 0.6) is 0 Å². The predicted molar refractivity (Wildman–Crippen MR) is 106 cm³/mol. The van der Waals surface area contributed by atoms with Crippen molar-refractivity contribution >= 4 is 34.4 Å². The molecule has 5 heteroatoms. The molecule has 26 heavy (non-hydrogen) atoms. The molecule has 4 aromatic rings. The minimum Gasteiger partial charge on any atom is -0.323 e. The van der Waals surface area contributed by atoms with Gasteiger partial charge >= 0.3 is 0 Å². The van der Waals surface area contributed by atoms with E-state index in [-0.39, 0.29) is 5.82 Å². The van der Waals surface area contributed by atoms with Crippen LogP contribution in [0.1, 0.15) is 11.4 Å². The fourth-order valence-corrected chi connectivity index (χ4v) is 3.86. The predicted octanol–water partition coefficient (Wildman–Crippen LogP) is 6.17. The molecule has 1 aromatic heterocycles. The van der Waals surface area contributed by atoms with E-state index in [9.17, 15) is 4.39 Å². The lowest BCUT2D eigenvalue weighted by Crippen LogP contribution is -2.06. The first-order valence-corrected chi connectivity index (χ1v) is 9.63. The van der Waals surface area contributed by atoms with E-state index in [1.54, 1.807) is 17.8 Å². The SMILES string of the molecule is Fc1ccccc1Cn1c(CSc2ccc(Cl)cc2)nc2ccccc21.